The maximum Gasteiger partial charge on any atom is 0.0697 e. The Bertz CT molecular complexity index is 332. The highest BCUT2D eigenvalue weighted by Gasteiger charge is 2.00. The van der Waals surface area contributed by atoms with E-state index in [1.165, 1.54) is 0 Å². The van der Waals surface area contributed by atoms with Crippen molar-refractivity contribution in [3.8, 4) is 6.07 Å². The van der Waals surface area contributed by atoms with E-state index in [0.29, 0.717) is 0 Å². The third-order valence-corrected chi connectivity index (χ3v) is 2.36. The van der Waals surface area contributed by atoms with Crippen LogP contribution in [-0.2, 0) is 0 Å². The highest BCUT2D eigenvalue weighted by Crippen LogP contribution is 2.11. The highest BCUT2D eigenvalue weighted by atomic mass is 14.3. The Labute approximate surface area is 92.1 Å². The van der Waals surface area contributed by atoms with Crippen LogP contribution in [0.15, 0.2) is 36.4 Å². The van der Waals surface area contributed by atoms with Gasteiger partial charge in [0.15, 0.2) is 0 Å². The molecule has 0 spiro atoms. The van der Waals surface area contributed by atoms with Crippen molar-refractivity contribution in [2.24, 2.45) is 5.92 Å². The number of nitrogens with zero attached hydrogens (tertiary/aromatic N) is 1. The molecule has 78 valence electrons. The van der Waals surface area contributed by atoms with Crippen molar-refractivity contribution in [1.82, 2.24) is 0 Å². The summed E-state index contributed by atoms with van der Waals surface area (Å²) in [6.07, 6.45) is 7.28. The first-order valence-corrected chi connectivity index (χ1v) is 5.49. The molecule has 0 saturated carbocycles. The molecule has 1 heteroatoms. The topological polar surface area (TPSA) is 23.8 Å². The standard InChI is InChI=1S/C14H17N/c1-2-3-7-14(12-15)11-10-13-8-5-4-6-9-13/h4-6,8-11,14H,2-3,7H2,1H3/b11-10+/t14-/m1/s1. The first kappa shape index (κ1) is 11.5. The Balaban J connectivity index is 2.52. The van der Waals surface area contributed by atoms with Crippen molar-refractivity contribution in [3.63, 3.8) is 0 Å². The van der Waals surface area contributed by atoms with Gasteiger partial charge in [0, 0.05) is 0 Å². The Hall–Kier alpha value is -1.55. The summed E-state index contributed by atoms with van der Waals surface area (Å²) in [6.45, 7) is 2.15. The molecule has 0 aliphatic heterocycles. The van der Waals surface area contributed by atoms with Crippen LogP contribution in [0, 0.1) is 17.2 Å². The third-order valence-electron chi connectivity index (χ3n) is 2.36. The maximum atomic E-state index is 8.93. The zero-order valence-electron chi connectivity index (χ0n) is 9.19. The molecular formula is C14H17N. The van der Waals surface area contributed by atoms with Gasteiger partial charge in [0.2, 0.25) is 0 Å². The molecule has 1 aromatic rings. The van der Waals surface area contributed by atoms with E-state index in [0.717, 1.165) is 24.8 Å². The summed E-state index contributed by atoms with van der Waals surface area (Å²) in [4.78, 5) is 0. The van der Waals surface area contributed by atoms with Crippen LogP contribution in [-0.4, -0.2) is 0 Å². The van der Waals surface area contributed by atoms with Crippen molar-refractivity contribution in [2.45, 2.75) is 26.2 Å². The molecular weight excluding hydrogens is 182 g/mol. The van der Waals surface area contributed by atoms with Crippen LogP contribution < -0.4 is 0 Å². The number of hydrogen-bond donors (Lipinski definition) is 0. The Kier molecular flexibility index (Phi) is 5.25. The molecule has 1 aromatic carbocycles. The SMILES string of the molecule is CCCC[C@@H](C#N)/C=C/c1ccccc1. The molecule has 0 amide bonds. The van der Waals surface area contributed by atoms with Crippen molar-refractivity contribution in [3.05, 3.63) is 42.0 Å². The zero-order valence-corrected chi connectivity index (χ0v) is 9.19. The van der Waals surface area contributed by atoms with Gasteiger partial charge in [0.05, 0.1) is 12.0 Å². The molecule has 0 unspecified atom stereocenters. The third kappa shape index (κ3) is 4.46. The largest absolute Gasteiger partial charge is 0.198 e. The van der Waals surface area contributed by atoms with E-state index in [4.69, 9.17) is 5.26 Å². The van der Waals surface area contributed by atoms with Crippen LogP contribution in [0.5, 0.6) is 0 Å². The molecule has 0 N–H and O–H groups in total. The summed E-state index contributed by atoms with van der Waals surface area (Å²) in [5.41, 5.74) is 1.16. The molecule has 15 heavy (non-hydrogen) atoms. The molecule has 0 radical (unpaired) electrons. The van der Waals surface area contributed by atoms with Gasteiger partial charge in [-0.2, -0.15) is 5.26 Å². The van der Waals surface area contributed by atoms with E-state index in [-0.39, 0.29) is 5.92 Å². The van der Waals surface area contributed by atoms with Crippen molar-refractivity contribution in [1.29, 1.82) is 5.26 Å². The fourth-order valence-corrected chi connectivity index (χ4v) is 1.42. The summed E-state index contributed by atoms with van der Waals surface area (Å²) >= 11 is 0. The average Bonchev–Trinajstić information content (AvgIpc) is 2.31. The fraction of sp³-hybridized carbons (Fsp3) is 0.357. The van der Waals surface area contributed by atoms with E-state index < -0.39 is 0 Å². The van der Waals surface area contributed by atoms with Gasteiger partial charge in [-0.05, 0) is 12.0 Å². The first-order valence-electron chi connectivity index (χ1n) is 5.49. The summed E-state index contributed by atoms with van der Waals surface area (Å²) in [5, 5.41) is 8.93. The second-order valence-electron chi connectivity index (χ2n) is 3.65. The second kappa shape index (κ2) is 6.84. The average molecular weight is 199 g/mol. The van der Waals surface area contributed by atoms with Crippen molar-refractivity contribution >= 4 is 6.08 Å². The quantitative estimate of drug-likeness (QED) is 0.702. The number of rotatable bonds is 5. The number of nitriles is 1. The zero-order chi connectivity index (χ0) is 10.9. The number of benzene rings is 1. The van der Waals surface area contributed by atoms with Gasteiger partial charge < -0.3 is 0 Å². The predicted molar refractivity (Wildman–Crippen MR) is 64.1 cm³/mol. The Morgan fingerprint density at radius 1 is 1.33 bits per heavy atom. The molecule has 1 nitrogen and oxygen atoms in total. The number of hydrogen-bond acceptors (Lipinski definition) is 1. The van der Waals surface area contributed by atoms with Gasteiger partial charge >= 0.3 is 0 Å². The van der Waals surface area contributed by atoms with Gasteiger partial charge in [-0.25, -0.2) is 0 Å². The van der Waals surface area contributed by atoms with Crippen LogP contribution in [0.1, 0.15) is 31.7 Å². The van der Waals surface area contributed by atoms with Crippen LogP contribution in [0.25, 0.3) is 6.08 Å². The molecule has 1 atom stereocenters. The second-order valence-corrected chi connectivity index (χ2v) is 3.65. The molecule has 0 aromatic heterocycles. The van der Waals surface area contributed by atoms with Crippen LogP contribution in [0.4, 0.5) is 0 Å². The summed E-state index contributed by atoms with van der Waals surface area (Å²) in [7, 11) is 0. The summed E-state index contributed by atoms with van der Waals surface area (Å²) in [6, 6.07) is 12.4. The molecule has 0 saturated heterocycles. The molecule has 0 bridgehead atoms. The van der Waals surface area contributed by atoms with Gasteiger partial charge in [0.1, 0.15) is 0 Å². The lowest BCUT2D eigenvalue weighted by atomic mass is 10.0. The molecule has 1 rings (SSSR count). The van der Waals surface area contributed by atoms with Gasteiger partial charge in [-0.3, -0.25) is 0 Å². The Morgan fingerprint density at radius 3 is 2.67 bits per heavy atom. The summed E-state index contributed by atoms with van der Waals surface area (Å²) < 4.78 is 0. The normalized spacial score (nSPS) is 12.5. The Morgan fingerprint density at radius 2 is 2.07 bits per heavy atom. The monoisotopic (exact) mass is 199 g/mol. The summed E-state index contributed by atoms with van der Waals surface area (Å²) in [5.74, 6) is 0.0603. The lowest BCUT2D eigenvalue weighted by Crippen LogP contribution is -1.91. The van der Waals surface area contributed by atoms with Crippen LogP contribution in [0.2, 0.25) is 0 Å². The lowest BCUT2D eigenvalue weighted by molar-refractivity contribution is 0.652. The maximum absolute atomic E-state index is 8.93. The first-order chi connectivity index (χ1) is 7.36. The van der Waals surface area contributed by atoms with E-state index in [9.17, 15) is 0 Å². The molecule has 0 aliphatic carbocycles. The number of unbranched alkanes of at least 4 members (excludes halogenated alkanes) is 1. The van der Waals surface area contributed by atoms with E-state index in [2.05, 4.69) is 13.0 Å². The number of allylic oxidation sites excluding steroid dienone is 1. The highest BCUT2D eigenvalue weighted by molar-refractivity contribution is 5.49. The molecule has 0 fully saturated rings. The van der Waals surface area contributed by atoms with Crippen LogP contribution >= 0.6 is 0 Å². The fourth-order valence-electron chi connectivity index (χ4n) is 1.42. The van der Waals surface area contributed by atoms with Crippen molar-refractivity contribution in [2.75, 3.05) is 0 Å². The van der Waals surface area contributed by atoms with E-state index in [1.807, 2.05) is 42.5 Å². The van der Waals surface area contributed by atoms with Crippen molar-refractivity contribution < 1.29 is 0 Å². The minimum Gasteiger partial charge on any atom is -0.198 e. The van der Waals surface area contributed by atoms with Gasteiger partial charge in [-0.15, -0.1) is 0 Å². The minimum absolute atomic E-state index is 0.0603. The van der Waals surface area contributed by atoms with E-state index >= 15 is 0 Å². The van der Waals surface area contributed by atoms with E-state index in [1.54, 1.807) is 0 Å². The smallest absolute Gasteiger partial charge is 0.0697 e. The molecule has 0 heterocycles. The lowest BCUT2D eigenvalue weighted by Gasteiger charge is -2.01. The minimum atomic E-state index is 0.0603. The molecule has 0 aliphatic rings. The van der Waals surface area contributed by atoms with Gasteiger partial charge in [0.25, 0.3) is 0 Å². The van der Waals surface area contributed by atoms with Gasteiger partial charge in [-0.1, -0.05) is 62.2 Å². The predicted octanol–water partition coefficient (Wildman–Crippen LogP) is 4.03. The van der Waals surface area contributed by atoms with Crippen LogP contribution in [0.3, 0.4) is 0 Å².